The van der Waals surface area contributed by atoms with E-state index in [0.717, 1.165) is 12.1 Å². The summed E-state index contributed by atoms with van der Waals surface area (Å²) < 4.78 is 6.68. The van der Waals surface area contributed by atoms with Crippen LogP contribution in [0.25, 0.3) is 11.3 Å². The first-order valence-electron chi connectivity index (χ1n) is 5.51. The van der Waals surface area contributed by atoms with Crippen molar-refractivity contribution in [1.29, 1.82) is 0 Å². The minimum Gasteiger partial charge on any atom is -0.283 e. The number of hydrogen-bond donors (Lipinski definition) is 1. The van der Waals surface area contributed by atoms with Crippen LogP contribution >= 0.6 is 0 Å². The topological polar surface area (TPSA) is 49.9 Å². The fraction of sp³-hybridized carbons (Fsp3) is 0.333. The lowest BCUT2D eigenvalue weighted by Gasteiger charge is -1.93. The molecule has 1 heterocycles. The summed E-state index contributed by atoms with van der Waals surface area (Å²) >= 11 is 0. The van der Waals surface area contributed by atoms with Crippen molar-refractivity contribution in [3.63, 3.8) is 0 Å². The molecule has 0 atom stereocenters. The van der Waals surface area contributed by atoms with Gasteiger partial charge in [-0.25, -0.2) is 4.79 Å². The normalized spacial score (nSPS) is 15.2. The zero-order chi connectivity index (χ0) is 11.0. The van der Waals surface area contributed by atoms with E-state index in [9.17, 15) is 4.79 Å². The summed E-state index contributed by atoms with van der Waals surface area (Å²) in [6.45, 7) is 0.843. The van der Waals surface area contributed by atoms with Gasteiger partial charge in [-0.15, -0.1) is 0 Å². The van der Waals surface area contributed by atoms with Crippen LogP contribution in [0, 0.1) is 5.92 Å². The van der Waals surface area contributed by atoms with Crippen LogP contribution in [-0.2, 0) is 6.54 Å². The molecule has 0 spiro atoms. The van der Waals surface area contributed by atoms with Gasteiger partial charge in [-0.05, 0) is 30.2 Å². The third kappa shape index (κ3) is 1.66. The first kappa shape index (κ1) is 9.39. The zero-order valence-electron chi connectivity index (χ0n) is 8.85. The van der Waals surface area contributed by atoms with E-state index in [4.69, 9.17) is 4.52 Å². The molecule has 0 unspecified atom stereocenters. The highest BCUT2D eigenvalue weighted by atomic mass is 16.5. The minimum atomic E-state index is -0.299. The Morgan fingerprint density at radius 3 is 2.75 bits per heavy atom. The van der Waals surface area contributed by atoms with Gasteiger partial charge in [-0.3, -0.25) is 4.52 Å². The fourth-order valence-electron chi connectivity index (χ4n) is 1.86. The largest absolute Gasteiger partial charge is 0.435 e. The molecule has 1 saturated carbocycles. The highest BCUT2D eigenvalue weighted by Crippen LogP contribution is 2.29. The van der Waals surface area contributed by atoms with Crippen molar-refractivity contribution in [3.05, 3.63) is 40.8 Å². The molecule has 1 N–H and O–H groups in total. The monoisotopic (exact) mass is 217 g/mol. The lowest BCUT2D eigenvalue weighted by atomic mass is 10.2. The standard InChI is InChI=1S/C12H12N2O2/c15-12-11(10-4-2-1-3-5-10)14(13-16-12)8-9-6-7-9/h1-5,9H,6-8H2/p+1. The van der Waals surface area contributed by atoms with Gasteiger partial charge in [0.05, 0.1) is 5.56 Å². The number of rotatable bonds is 3. The molecule has 0 bridgehead atoms. The Balaban J connectivity index is 2.04. The fourth-order valence-corrected chi connectivity index (χ4v) is 1.86. The number of hydrogen-bond acceptors (Lipinski definition) is 2. The van der Waals surface area contributed by atoms with Crippen LogP contribution in [-0.4, -0.2) is 5.27 Å². The SMILES string of the molecule is O=c1o[nH][n+](CC2CC2)c1-c1ccccc1. The average molecular weight is 217 g/mol. The second kappa shape index (κ2) is 3.63. The molecule has 82 valence electrons. The molecule has 0 aliphatic heterocycles. The molecule has 0 saturated heterocycles. The van der Waals surface area contributed by atoms with Crippen molar-refractivity contribution in [2.75, 3.05) is 0 Å². The van der Waals surface area contributed by atoms with Crippen LogP contribution < -0.4 is 10.3 Å². The van der Waals surface area contributed by atoms with E-state index in [0.29, 0.717) is 11.6 Å². The molecule has 1 aliphatic rings. The molecule has 1 aliphatic carbocycles. The highest BCUT2D eigenvalue weighted by molar-refractivity contribution is 5.53. The van der Waals surface area contributed by atoms with E-state index in [2.05, 4.69) is 5.27 Å². The summed E-state index contributed by atoms with van der Waals surface area (Å²) in [5, 5.41) is 2.67. The maximum Gasteiger partial charge on any atom is 0.435 e. The lowest BCUT2D eigenvalue weighted by Crippen LogP contribution is -2.39. The molecular weight excluding hydrogens is 204 g/mol. The summed E-state index contributed by atoms with van der Waals surface area (Å²) in [5.74, 6) is 0.695. The summed E-state index contributed by atoms with van der Waals surface area (Å²) in [6, 6.07) is 9.61. The van der Waals surface area contributed by atoms with Gasteiger partial charge >= 0.3 is 11.3 Å². The summed E-state index contributed by atoms with van der Waals surface area (Å²) in [4.78, 5) is 11.6. The first-order chi connectivity index (χ1) is 7.84. The Kier molecular flexibility index (Phi) is 2.13. The Bertz CT molecular complexity index is 538. The molecule has 1 aromatic heterocycles. The molecule has 3 rings (SSSR count). The summed E-state index contributed by atoms with van der Waals surface area (Å²) in [6.07, 6.45) is 2.49. The molecular formula is C12H13N2O2+. The van der Waals surface area contributed by atoms with Gasteiger partial charge in [-0.2, -0.15) is 0 Å². The summed E-state index contributed by atoms with van der Waals surface area (Å²) in [5.41, 5.74) is 1.22. The molecule has 1 fully saturated rings. The van der Waals surface area contributed by atoms with Gasteiger partial charge in [0.2, 0.25) is 0 Å². The summed E-state index contributed by atoms with van der Waals surface area (Å²) in [7, 11) is 0. The molecule has 4 heteroatoms. The molecule has 16 heavy (non-hydrogen) atoms. The van der Waals surface area contributed by atoms with E-state index in [-0.39, 0.29) is 5.63 Å². The molecule has 1 aromatic carbocycles. The van der Waals surface area contributed by atoms with Crippen LogP contribution in [0.3, 0.4) is 0 Å². The van der Waals surface area contributed by atoms with Crippen molar-refractivity contribution in [3.8, 4) is 11.3 Å². The lowest BCUT2D eigenvalue weighted by molar-refractivity contribution is -0.755. The number of benzene rings is 1. The predicted octanol–water partition coefficient (Wildman–Crippen LogP) is 1.33. The molecule has 4 nitrogen and oxygen atoms in total. The van der Waals surface area contributed by atoms with Crippen LogP contribution in [0.1, 0.15) is 12.8 Å². The number of nitrogens with zero attached hydrogens (tertiary/aromatic N) is 1. The van der Waals surface area contributed by atoms with Crippen LogP contribution in [0.15, 0.2) is 39.6 Å². The van der Waals surface area contributed by atoms with E-state index in [1.807, 2.05) is 35.0 Å². The number of aromatic nitrogens is 2. The van der Waals surface area contributed by atoms with Gasteiger partial charge < -0.3 is 0 Å². The Morgan fingerprint density at radius 2 is 2.06 bits per heavy atom. The first-order valence-corrected chi connectivity index (χ1v) is 5.51. The molecule has 0 radical (unpaired) electrons. The van der Waals surface area contributed by atoms with E-state index in [1.165, 1.54) is 12.8 Å². The van der Waals surface area contributed by atoms with E-state index in [1.54, 1.807) is 0 Å². The van der Waals surface area contributed by atoms with Gasteiger partial charge in [-0.1, -0.05) is 22.9 Å². The van der Waals surface area contributed by atoms with E-state index >= 15 is 0 Å². The van der Waals surface area contributed by atoms with Crippen LogP contribution in [0.2, 0.25) is 0 Å². The van der Waals surface area contributed by atoms with Gasteiger partial charge in [0, 0.05) is 5.92 Å². The number of H-pyrrole nitrogens is 1. The third-order valence-corrected chi connectivity index (χ3v) is 2.90. The van der Waals surface area contributed by atoms with Crippen LogP contribution in [0.5, 0.6) is 0 Å². The predicted molar refractivity (Wildman–Crippen MR) is 57.7 cm³/mol. The van der Waals surface area contributed by atoms with Crippen molar-refractivity contribution in [2.45, 2.75) is 19.4 Å². The number of aromatic amines is 1. The Labute approximate surface area is 92.5 Å². The van der Waals surface area contributed by atoms with Crippen molar-refractivity contribution in [2.24, 2.45) is 5.92 Å². The van der Waals surface area contributed by atoms with Gasteiger partial charge in [0.25, 0.3) is 0 Å². The molecule has 2 aromatic rings. The smallest absolute Gasteiger partial charge is 0.283 e. The zero-order valence-corrected chi connectivity index (χ0v) is 8.85. The highest BCUT2D eigenvalue weighted by Gasteiger charge is 2.31. The minimum absolute atomic E-state index is 0.299. The van der Waals surface area contributed by atoms with E-state index < -0.39 is 0 Å². The van der Waals surface area contributed by atoms with Crippen LogP contribution in [0.4, 0.5) is 0 Å². The second-order valence-electron chi connectivity index (χ2n) is 4.25. The Morgan fingerprint density at radius 1 is 1.31 bits per heavy atom. The second-order valence-corrected chi connectivity index (χ2v) is 4.25. The van der Waals surface area contributed by atoms with Crippen molar-refractivity contribution in [1.82, 2.24) is 5.27 Å². The van der Waals surface area contributed by atoms with Gasteiger partial charge in [0.1, 0.15) is 0 Å². The number of nitrogens with one attached hydrogen (secondary N) is 1. The van der Waals surface area contributed by atoms with Crippen molar-refractivity contribution >= 4 is 0 Å². The van der Waals surface area contributed by atoms with Crippen molar-refractivity contribution < 1.29 is 9.20 Å². The maximum atomic E-state index is 11.6. The third-order valence-electron chi connectivity index (χ3n) is 2.90. The Hall–Kier alpha value is -1.84. The maximum absolute atomic E-state index is 11.6. The van der Waals surface area contributed by atoms with Gasteiger partial charge in [0.15, 0.2) is 6.54 Å². The molecule has 0 amide bonds. The quantitative estimate of drug-likeness (QED) is 0.788. The average Bonchev–Trinajstić information content (AvgIpc) is 3.04.